The molecule has 0 saturated heterocycles. The van der Waals surface area contributed by atoms with E-state index in [0.717, 1.165) is 5.33 Å². The van der Waals surface area contributed by atoms with Gasteiger partial charge in [0, 0.05) is 5.33 Å². The normalized spacial score (nSPS) is 10.0. The van der Waals surface area contributed by atoms with Crippen LogP contribution in [0.5, 0.6) is 0 Å². The average Bonchev–Trinajstić information content (AvgIpc) is 1.35. The zero-order chi connectivity index (χ0) is 4.99. The van der Waals surface area contributed by atoms with Gasteiger partial charge < -0.3 is 0 Å². The molecule has 38 valence electrons. The van der Waals surface area contributed by atoms with Gasteiger partial charge in [-0.15, -0.1) is 30.6 Å². The van der Waals surface area contributed by atoms with E-state index in [-0.39, 0.29) is 0 Å². The second-order valence-corrected chi connectivity index (χ2v) is 13.3. The zero-order valence-electron chi connectivity index (χ0n) is 3.13. The third kappa shape index (κ3) is 5.66. The predicted octanol–water partition coefficient (Wildman–Crippen LogP) is 2.39. The van der Waals surface area contributed by atoms with Crippen LogP contribution < -0.4 is 0 Å². The molecule has 4 heteroatoms. The van der Waals surface area contributed by atoms with Crippen molar-refractivity contribution in [2.24, 2.45) is 0 Å². The average molecular weight is 297 g/mol. The van der Waals surface area contributed by atoms with Crippen LogP contribution in [-0.4, -0.2) is 11.4 Å². The SMILES string of the molecule is BrCC[SiH](Br)Br. The van der Waals surface area contributed by atoms with Crippen LogP contribution in [0, 0.1) is 0 Å². The number of hydrogen-bond acceptors (Lipinski definition) is 0. The van der Waals surface area contributed by atoms with Gasteiger partial charge >= 0.3 is 0 Å². The van der Waals surface area contributed by atoms with E-state index in [1.54, 1.807) is 0 Å². The van der Waals surface area contributed by atoms with E-state index in [2.05, 4.69) is 46.5 Å². The van der Waals surface area contributed by atoms with Gasteiger partial charge in [-0.2, -0.15) is 0 Å². The van der Waals surface area contributed by atoms with Crippen molar-refractivity contribution in [2.75, 3.05) is 5.33 Å². The molecule has 0 unspecified atom stereocenters. The lowest BCUT2D eigenvalue weighted by atomic mass is 11.0. The molecule has 0 aromatic rings. The van der Waals surface area contributed by atoms with E-state index in [0.29, 0.717) is 0 Å². The fraction of sp³-hybridized carbons (Fsp3) is 1.00. The summed E-state index contributed by atoms with van der Waals surface area (Å²) in [5.74, 6) is 0. The monoisotopic (exact) mass is 294 g/mol. The molecule has 0 fully saturated rings. The van der Waals surface area contributed by atoms with Crippen LogP contribution in [-0.2, 0) is 0 Å². The minimum atomic E-state index is -0.592. The number of hydrogen-bond donors (Lipinski definition) is 0. The first-order chi connectivity index (χ1) is 2.77. The number of rotatable bonds is 2. The molecule has 0 aliphatic rings. The van der Waals surface area contributed by atoms with Gasteiger partial charge in [-0.25, -0.2) is 0 Å². The standard InChI is InChI=1S/C2H5Br3Si/c3-1-2-6(4)5/h6H,1-2H2. The van der Waals surface area contributed by atoms with Gasteiger partial charge in [-0.1, -0.05) is 15.9 Å². The van der Waals surface area contributed by atoms with Crippen LogP contribution >= 0.6 is 46.5 Å². The molecule has 0 aliphatic heterocycles. The summed E-state index contributed by atoms with van der Waals surface area (Å²) in [6, 6.07) is 0.671. The Bertz CT molecular complexity index is 30.0. The maximum Gasteiger partial charge on any atom is 0.187 e. The molecule has 0 aromatic carbocycles. The Balaban J connectivity index is 2.63. The molecule has 0 heterocycles. The van der Waals surface area contributed by atoms with Crippen LogP contribution in [0.1, 0.15) is 0 Å². The molecular formula is C2H5Br3Si. The molecule has 6 heavy (non-hydrogen) atoms. The molecule has 0 aromatic heterocycles. The Morgan fingerprint density at radius 1 is 1.33 bits per heavy atom. The molecule has 0 aliphatic carbocycles. The topological polar surface area (TPSA) is 0 Å². The summed E-state index contributed by atoms with van der Waals surface area (Å²) in [7, 11) is 0. The quantitative estimate of drug-likeness (QED) is 0.417. The molecule has 0 nitrogen and oxygen atoms in total. The molecule has 0 spiro atoms. The van der Waals surface area contributed by atoms with E-state index in [1.807, 2.05) is 0 Å². The summed E-state index contributed by atoms with van der Waals surface area (Å²) in [4.78, 5) is 0. The highest BCUT2D eigenvalue weighted by atomic mass is 79.9. The van der Waals surface area contributed by atoms with Gasteiger partial charge in [0.1, 0.15) is 0 Å². The van der Waals surface area contributed by atoms with Crippen LogP contribution in [0.25, 0.3) is 0 Å². The summed E-state index contributed by atoms with van der Waals surface area (Å²) in [5, 5.41) is 1.11. The highest BCUT2D eigenvalue weighted by Crippen LogP contribution is 2.08. The van der Waals surface area contributed by atoms with Crippen LogP contribution in [0.4, 0.5) is 0 Å². The van der Waals surface area contributed by atoms with E-state index in [9.17, 15) is 0 Å². The second kappa shape index (κ2) is 4.81. The number of alkyl halides is 1. The largest absolute Gasteiger partial charge is 0.187 e. The Labute approximate surface area is 63.6 Å². The summed E-state index contributed by atoms with van der Waals surface area (Å²) >= 11 is 10.2. The molecule has 0 N–H and O–H groups in total. The van der Waals surface area contributed by atoms with E-state index in [1.165, 1.54) is 6.04 Å². The third-order valence-electron chi connectivity index (χ3n) is 0.327. The van der Waals surface area contributed by atoms with Crippen molar-refractivity contribution in [3.8, 4) is 0 Å². The van der Waals surface area contributed by atoms with Crippen LogP contribution in [0.3, 0.4) is 0 Å². The van der Waals surface area contributed by atoms with Crippen molar-refractivity contribution < 1.29 is 0 Å². The lowest BCUT2D eigenvalue weighted by Crippen LogP contribution is -1.87. The van der Waals surface area contributed by atoms with Crippen molar-refractivity contribution in [1.82, 2.24) is 0 Å². The maximum absolute atomic E-state index is 3.46. The summed E-state index contributed by atoms with van der Waals surface area (Å²) in [5.41, 5.74) is 0. The first-order valence-corrected chi connectivity index (χ1v) is 9.92. The van der Waals surface area contributed by atoms with Gasteiger partial charge in [-0.05, 0) is 6.04 Å². The van der Waals surface area contributed by atoms with Crippen molar-refractivity contribution in [3.05, 3.63) is 0 Å². The fourth-order valence-electron chi connectivity index (χ4n) is 0.0825. The second-order valence-electron chi connectivity index (χ2n) is 0.869. The van der Waals surface area contributed by atoms with Gasteiger partial charge in [0.2, 0.25) is 0 Å². The molecule has 0 bridgehead atoms. The summed E-state index contributed by atoms with van der Waals surface area (Å²) in [6.45, 7) is 0. The van der Waals surface area contributed by atoms with Crippen LogP contribution in [0.2, 0.25) is 6.04 Å². The van der Waals surface area contributed by atoms with E-state index in [4.69, 9.17) is 0 Å². The first-order valence-electron chi connectivity index (χ1n) is 1.61. The zero-order valence-corrected chi connectivity index (χ0v) is 9.04. The Morgan fingerprint density at radius 2 is 1.83 bits per heavy atom. The number of halogens is 3. The van der Waals surface area contributed by atoms with E-state index >= 15 is 0 Å². The van der Waals surface area contributed by atoms with Crippen LogP contribution in [0.15, 0.2) is 0 Å². The molecule has 0 rings (SSSR count). The minimum absolute atomic E-state index is 0.592. The van der Waals surface area contributed by atoms with Gasteiger partial charge in [-0.3, -0.25) is 0 Å². The maximum atomic E-state index is 3.46. The molecular weight excluding hydrogens is 292 g/mol. The highest BCUT2D eigenvalue weighted by Gasteiger charge is 1.94. The Kier molecular flexibility index (Phi) is 6.13. The lowest BCUT2D eigenvalue weighted by Gasteiger charge is -1.87. The third-order valence-corrected chi connectivity index (χ3v) is 5.10. The Hall–Kier alpha value is 1.66. The van der Waals surface area contributed by atoms with Crippen molar-refractivity contribution in [3.63, 3.8) is 0 Å². The predicted molar refractivity (Wildman–Crippen MR) is 43.6 cm³/mol. The molecule has 0 radical (unpaired) electrons. The Morgan fingerprint density at radius 3 is 1.83 bits per heavy atom. The van der Waals surface area contributed by atoms with Crippen molar-refractivity contribution in [2.45, 2.75) is 6.04 Å². The van der Waals surface area contributed by atoms with E-state index < -0.39 is 6.04 Å². The van der Waals surface area contributed by atoms with Crippen molar-refractivity contribution >= 4 is 52.6 Å². The molecule has 0 atom stereocenters. The van der Waals surface area contributed by atoms with Gasteiger partial charge in [0.25, 0.3) is 0 Å². The van der Waals surface area contributed by atoms with Gasteiger partial charge in [0.15, 0.2) is 6.04 Å². The smallest absolute Gasteiger partial charge is 0.115 e. The summed E-state index contributed by atoms with van der Waals surface area (Å²) in [6.07, 6.45) is 0. The highest BCUT2D eigenvalue weighted by molar-refractivity contribution is 9.49. The first kappa shape index (κ1) is 7.66. The molecule has 0 saturated carbocycles. The summed E-state index contributed by atoms with van der Waals surface area (Å²) < 4.78 is 0. The lowest BCUT2D eigenvalue weighted by molar-refractivity contribution is 1.53. The minimum Gasteiger partial charge on any atom is -0.115 e. The fourth-order valence-corrected chi connectivity index (χ4v) is 6.68. The molecule has 0 amide bonds. The van der Waals surface area contributed by atoms with Crippen molar-refractivity contribution in [1.29, 1.82) is 0 Å². The van der Waals surface area contributed by atoms with Gasteiger partial charge in [0.05, 0.1) is 0 Å².